The van der Waals surface area contributed by atoms with Crippen molar-refractivity contribution >= 4 is 0 Å². The smallest absolute Gasteiger partial charge is 0.00790 e. The quantitative estimate of drug-likeness (QED) is 0.752. The zero-order valence-electron chi connectivity index (χ0n) is 10.2. The van der Waals surface area contributed by atoms with E-state index in [0.717, 1.165) is 13.0 Å². The van der Waals surface area contributed by atoms with E-state index in [0.29, 0.717) is 6.04 Å². The first-order valence-corrected chi connectivity index (χ1v) is 6.07. The predicted octanol–water partition coefficient (Wildman–Crippen LogP) is 3.18. The highest BCUT2D eigenvalue weighted by molar-refractivity contribution is 5.24. The van der Waals surface area contributed by atoms with E-state index in [9.17, 15) is 0 Å². The average Bonchev–Trinajstić information content (AvgIpc) is 2.19. The number of hydrogen-bond donors (Lipinski definition) is 1. The minimum atomic E-state index is 0.576. The first-order chi connectivity index (χ1) is 7.26. The highest BCUT2D eigenvalue weighted by Crippen LogP contribution is 2.09. The molecule has 0 heterocycles. The van der Waals surface area contributed by atoms with Gasteiger partial charge in [-0.2, -0.15) is 0 Å². The summed E-state index contributed by atoms with van der Waals surface area (Å²) in [4.78, 5) is 0. The van der Waals surface area contributed by atoms with Gasteiger partial charge in [-0.05, 0) is 37.4 Å². The summed E-state index contributed by atoms with van der Waals surface area (Å²) in [5, 5.41) is 3.45. The van der Waals surface area contributed by atoms with E-state index in [-0.39, 0.29) is 0 Å². The van der Waals surface area contributed by atoms with Gasteiger partial charge in [0.1, 0.15) is 0 Å². The van der Waals surface area contributed by atoms with Gasteiger partial charge < -0.3 is 5.32 Å². The van der Waals surface area contributed by atoms with Gasteiger partial charge in [-0.1, -0.05) is 44.5 Å². The minimum Gasteiger partial charge on any atom is -0.314 e. The molecule has 0 saturated heterocycles. The molecule has 1 N–H and O–H groups in total. The predicted molar refractivity (Wildman–Crippen MR) is 67.3 cm³/mol. The van der Waals surface area contributed by atoms with Crippen molar-refractivity contribution in [3.05, 3.63) is 35.4 Å². The summed E-state index contributed by atoms with van der Waals surface area (Å²) >= 11 is 0. The second kappa shape index (κ2) is 6.62. The molecule has 0 spiro atoms. The van der Waals surface area contributed by atoms with Crippen LogP contribution in [-0.2, 0) is 12.8 Å². The van der Waals surface area contributed by atoms with Gasteiger partial charge in [0.15, 0.2) is 0 Å². The van der Waals surface area contributed by atoms with E-state index in [1.54, 1.807) is 0 Å². The van der Waals surface area contributed by atoms with E-state index in [1.807, 2.05) is 0 Å². The van der Waals surface area contributed by atoms with Gasteiger partial charge in [0.25, 0.3) is 0 Å². The maximum absolute atomic E-state index is 3.45. The Bertz CT molecular complexity index is 280. The maximum Gasteiger partial charge on any atom is 0.00790 e. The summed E-state index contributed by atoms with van der Waals surface area (Å²) in [5.41, 5.74) is 2.92. The second-order valence-corrected chi connectivity index (χ2v) is 4.23. The van der Waals surface area contributed by atoms with Gasteiger partial charge in [-0.15, -0.1) is 0 Å². The van der Waals surface area contributed by atoms with Crippen molar-refractivity contribution in [1.29, 1.82) is 0 Å². The molecule has 0 radical (unpaired) electrons. The number of benzene rings is 1. The molecule has 84 valence electrons. The van der Waals surface area contributed by atoms with E-state index < -0.39 is 0 Å². The first kappa shape index (κ1) is 12.3. The molecule has 0 aromatic heterocycles. The largest absolute Gasteiger partial charge is 0.314 e. The van der Waals surface area contributed by atoms with Gasteiger partial charge in [0, 0.05) is 6.04 Å². The summed E-state index contributed by atoms with van der Waals surface area (Å²) in [7, 11) is 0. The van der Waals surface area contributed by atoms with Crippen LogP contribution in [-0.4, -0.2) is 12.6 Å². The summed E-state index contributed by atoms with van der Waals surface area (Å²) in [6.07, 6.45) is 3.56. The van der Waals surface area contributed by atoms with Crippen LogP contribution in [0.4, 0.5) is 0 Å². The molecule has 0 saturated carbocycles. The standard InChI is InChI=1S/C14H23N/c1-4-7-13-8-6-9-14(11-13)10-12(3)15-5-2/h6,8-9,11-12,15H,4-5,7,10H2,1-3H3. The van der Waals surface area contributed by atoms with Crippen molar-refractivity contribution in [2.75, 3.05) is 6.54 Å². The number of rotatable bonds is 6. The number of hydrogen-bond acceptors (Lipinski definition) is 1. The SMILES string of the molecule is CCCc1cccc(CC(C)NCC)c1. The molecule has 0 aliphatic heterocycles. The Kier molecular flexibility index (Phi) is 5.41. The van der Waals surface area contributed by atoms with E-state index in [4.69, 9.17) is 0 Å². The molecule has 1 rings (SSSR count). The lowest BCUT2D eigenvalue weighted by Crippen LogP contribution is -2.27. The fourth-order valence-electron chi connectivity index (χ4n) is 1.97. The molecule has 15 heavy (non-hydrogen) atoms. The van der Waals surface area contributed by atoms with Crippen LogP contribution in [0.25, 0.3) is 0 Å². The first-order valence-electron chi connectivity index (χ1n) is 6.07. The molecule has 1 aromatic rings. The number of aryl methyl sites for hydroxylation is 1. The van der Waals surface area contributed by atoms with Gasteiger partial charge in [-0.25, -0.2) is 0 Å². The molecular formula is C14H23N. The molecule has 0 aliphatic carbocycles. The molecule has 0 fully saturated rings. The molecule has 1 nitrogen and oxygen atoms in total. The van der Waals surface area contributed by atoms with Crippen molar-refractivity contribution < 1.29 is 0 Å². The van der Waals surface area contributed by atoms with Crippen molar-refractivity contribution in [3.63, 3.8) is 0 Å². The Morgan fingerprint density at radius 2 is 1.93 bits per heavy atom. The third kappa shape index (κ3) is 4.48. The van der Waals surface area contributed by atoms with E-state index >= 15 is 0 Å². The third-order valence-corrected chi connectivity index (χ3v) is 2.62. The Morgan fingerprint density at radius 1 is 1.20 bits per heavy atom. The van der Waals surface area contributed by atoms with Crippen LogP contribution in [0.5, 0.6) is 0 Å². The molecule has 1 unspecified atom stereocenters. The lowest BCUT2D eigenvalue weighted by molar-refractivity contribution is 0.565. The van der Waals surface area contributed by atoms with E-state index in [1.165, 1.54) is 24.0 Å². The van der Waals surface area contributed by atoms with Gasteiger partial charge >= 0.3 is 0 Å². The monoisotopic (exact) mass is 205 g/mol. The normalized spacial score (nSPS) is 12.7. The number of likely N-dealkylation sites (N-methyl/N-ethyl adjacent to an activating group) is 1. The van der Waals surface area contributed by atoms with Crippen molar-refractivity contribution in [2.24, 2.45) is 0 Å². The fraction of sp³-hybridized carbons (Fsp3) is 0.571. The number of nitrogens with one attached hydrogen (secondary N) is 1. The van der Waals surface area contributed by atoms with Crippen molar-refractivity contribution in [1.82, 2.24) is 5.32 Å². The third-order valence-electron chi connectivity index (χ3n) is 2.62. The minimum absolute atomic E-state index is 0.576. The van der Waals surface area contributed by atoms with Gasteiger partial charge in [-0.3, -0.25) is 0 Å². The van der Waals surface area contributed by atoms with Crippen LogP contribution in [0.2, 0.25) is 0 Å². The van der Waals surface area contributed by atoms with Crippen LogP contribution < -0.4 is 5.32 Å². The van der Waals surface area contributed by atoms with Gasteiger partial charge in [0.2, 0.25) is 0 Å². The van der Waals surface area contributed by atoms with Crippen LogP contribution >= 0.6 is 0 Å². The molecule has 1 atom stereocenters. The fourth-order valence-corrected chi connectivity index (χ4v) is 1.97. The van der Waals surface area contributed by atoms with Gasteiger partial charge in [0.05, 0.1) is 0 Å². The molecule has 1 heteroatoms. The molecule has 1 aromatic carbocycles. The van der Waals surface area contributed by atoms with Crippen molar-refractivity contribution in [3.8, 4) is 0 Å². The Balaban J connectivity index is 2.56. The Morgan fingerprint density at radius 3 is 2.60 bits per heavy atom. The summed E-state index contributed by atoms with van der Waals surface area (Å²) in [5.74, 6) is 0. The van der Waals surface area contributed by atoms with Crippen LogP contribution in [0.1, 0.15) is 38.3 Å². The summed E-state index contributed by atoms with van der Waals surface area (Å²) in [6.45, 7) is 7.68. The molecular weight excluding hydrogens is 182 g/mol. The zero-order chi connectivity index (χ0) is 11.1. The lowest BCUT2D eigenvalue weighted by Gasteiger charge is -2.12. The summed E-state index contributed by atoms with van der Waals surface area (Å²) in [6, 6.07) is 9.56. The van der Waals surface area contributed by atoms with E-state index in [2.05, 4.69) is 50.4 Å². The molecule has 0 amide bonds. The molecule has 0 aliphatic rings. The summed E-state index contributed by atoms with van der Waals surface area (Å²) < 4.78 is 0. The Labute approximate surface area is 93.9 Å². The average molecular weight is 205 g/mol. The molecule has 0 bridgehead atoms. The van der Waals surface area contributed by atoms with Crippen LogP contribution in [0, 0.1) is 0 Å². The van der Waals surface area contributed by atoms with Crippen LogP contribution in [0.3, 0.4) is 0 Å². The highest BCUT2D eigenvalue weighted by Gasteiger charge is 2.02. The highest BCUT2D eigenvalue weighted by atomic mass is 14.9. The lowest BCUT2D eigenvalue weighted by atomic mass is 10.0. The zero-order valence-corrected chi connectivity index (χ0v) is 10.2. The van der Waals surface area contributed by atoms with Crippen LogP contribution in [0.15, 0.2) is 24.3 Å². The maximum atomic E-state index is 3.45. The topological polar surface area (TPSA) is 12.0 Å². The van der Waals surface area contributed by atoms with Crippen molar-refractivity contribution in [2.45, 2.75) is 46.1 Å². The second-order valence-electron chi connectivity index (χ2n) is 4.23. The Hall–Kier alpha value is -0.820.